The standard InChI is InChI=1S/C19H19N3O2S/c1-11(19(23)24)20-17-16-13-8-5-9-14(13)25-18(16)22-15(21-17)10-12-6-3-2-4-7-12/h2-4,6-7,11H,5,8-10H2,1H3,(H,23,24)(H,20,21,22). The Morgan fingerprint density at radius 2 is 2.08 bits per heavy atom. The summed E-state index contributed by atoms with van der Waals surface area (Å²) in [5.74, 6) is 0.493. The number of nitrogens with one attached hydrogen (secondary N) is 1. The molecule has 25 heavy (non-hydrogen) atoms. The maximum atomic E-state index is 11.3. The number of hydrogen-bond acceptors (Lipinski definition) is 5. The van der Waals surface area contributed by atoms with E-state index < -0.39 is 12.0 Å². The van der Waals surface area contributed by atoms with Gasteiger partial charge in [-0.05, 0) is 37.3 Å². The molecule has 0 aliphatic heterocycles. The molecule has 5 nitrogen and oxygen atoms in total. The van der Waals surface area contributed by atoms with Crippen molar-refractivity contribution in [3.05, 3.63) is 52.2 Å². The number of carboxylic acid groups (broad SMARTS) is 1. The SMILES string of the molecule is CC(Nc1nc(Cc2ccccc2)nc2sc3c(c12)CCC3)C(=O)O. The fourth-order valence-electron chi connectivity index (χ4n) is 3.27. The number of benzene rings is 1. The molecule has 4 rings (SSSR count). The Balaban J connectivity index is 1.79. The highest BCUT2D eigenvalue weighted by Crippen LogP contribution is 2.39. The highest BCUT2D eigenvalue weighted by Gasteiger charge is 2.24. The maximum absolute atomic E-state index is 11.3. The number of aromatic nitrogens is 2. The summed E-state index contributed by atoms with van der Waals surface area (Å²) < 4.78 is 0. The van der Waals surface area contributed by atoms with Crippen molar-refractivity contribution in [2.45, 2.75) is 38.6 Å². The Morgan fingerprint density at radius 1 is 1.28 bits per heavy atom. The minimum absolute atomic E-state index is 0.634. The topological polar surface area (TPSA) is 75.1 Å². The fraction of sp³-hybridized carbons (Fsp3) is 0.316. The summed E-state index contributed by atoms with van der Waals surface area (Å²) in [6.45, 7) is 1.64. The van der Waals surface area contributed by atoms with Crippen molar-refractivity contribution in [2.24, 2.45) is 0 Å². The predicted octanol–water partition coefficient (Wildman–Crippen LogP) is 3.66. The van der Waals surface area contributed by atoms with E-state index in [4.69, 9.17) is 4.98 Å². The van der Waals surface area contributed by atoms with E-state index in [-0.39, 0.29) is 0 Å². The van der Waals surface area contributed by atoms with Gasteiger partial charge >= 0.3 is 5.97 Å². The molecule has 0 radical (unpaired) electrons. The molecule has 1 unspecified atom stereocenters. The molecule has 0 saturated heterocycles. The molecule has 6 heteroatoms. The van der Waals surface area contributed by atoms with Gasteiger partial charge in [-0.15, -0.1) is 11.3 Å². The molecule has 128 valence electrons. The van der Waals surface area contributed by atoms with E-state index in [1.807, 2.05) is 18.2 Å². The lowest BCUT2D eigenvalue weighted by molar-refractivity contribution is -0.137. The summed E-state index contributed by atoms with van der Waals surface area (Å²) in [5.41, 5.74) is 2.44. The normalized spacial score (nSPS) is 14.4. The number of aryl methyl sites for hydroxylation is 2. The number of carbonyl (C=O) groups is 1. The summed E-state index contributed by atoms with van der Waals surface area (Å²) in [6, 6.07) is 9.39. The van der Waals surface area contributed by atoms with Crippen molar-refractivity contribution >= 4 is 33.3 Å². The average Bonchev–Trinajstić information content (AvgIpc) is 3.16. The average molecular weight is 353 g/mol. The third-order valence-electron chi connectivity index (χ3n) is 4.54. The lowest BCUT2D eigenvalue weighted by Crippen LogP contribution is -2.26. The van der Waals surface area contributed by atoms with E-state index in [2.05, 4.69) is 22.4 Å². The Morgan fingerprint density at radius 3 is 2.84 bits per heavy atom. The van der Waals surface area contributed by atoms with Crippen LogP contribution in [0.3, 0.4) is 0 Å². The van der Waals surface area contributed by atoms with Gasteiger partial charge < -0.3 is 10.4 Å². The van der Waals surface area contributed by atoms with Gasteiger partial charge in [0.2, 0.25) is 0 Å². The third kappa shape index (κ3) is 3.09. The van der Waals surface area contributed by atoms with Gasteiger partial charge in [-0.25, -0.2) is 9.97 Å². The van der Waals surface area contributed by atoms with Crippen molar-refractivity contribution in [3.8, 4) is 0 Å². The molecule has 2 N–H and O–H groups in total. The van der Waals surface area contributed by atoms with Crippen LogP contribution in [-0.2, 0) is 24.1 Å². The van der Waals surface area contributed by atoms with Gasteiger partial charge in [0.15, 0.2) is 0 Å². The van der Waals surface area contributed by atoms with Crippen LogP contribution in [0.2, 0.25) is 0 Å². The second-order valence-corrected chi connectivity index (χ2v) is 7.48. The van der Waals surface area contributed by atoms with Gasteiger partial charge in [-0.2, -0.15) is 0 Å². The van der Waals surface area contributed by atoms with Crippen molar-refractivity contribution in [3.63, 3.8) is 0 Å². The molecule has 1 atom stereocenters. The van der Waals surface area contributed by atoms with E-state index in [0.717, 1.165) is 40.9 Å². The quantitative estimate of drug-likeness (QED) is 0.732. The van der Waals surface area contributed by atoms with E-state index in [0.29, 0.717) is 12.2 Å². The van der Waals surface area contributed by atoms with E-state index in [1.165, 1.54) is 10.4 Å². The van der Waals surface area contributed by atoms with Gasteiger partial charge in [0, 0.05) is 11.3 Å². The first-order chi connectivity index (χ1) is 12.1. The summed E-state index contributed by atoms with van der Waals surface area (Å²) in [7, 11) is 0. The lowest BCUT2D eigenvalue weighted by atomic mass is 10.1. The number of hydrogen-bond donors (Lipinski definition) is 2. The number of nitrogens with zero attached hydrogens (tertiary/aromatic N) is 2. The first kappa shape index (κ1) is 16.0. The lowest BCUT2D eigenvalue weighted by Gasteiger charge is -2.13. The van der Waals surface area contributed by atoms with Crippen molar-refractivity contribution < 1.29 is 9.90 Å². The Bertz CT molecular complexity index is 937. The van der Waals surface area contributed by atoms with Gasteiger partial charge in [0.1, 0.15) is 22.5 Å². The van der Waals surface area contributed by atoms with E-state index in [1.54, 1.807) is 18.3 Å². The monoisotopic (exact) mass is 353 g/mol. The predicted molar refractivity (Wildman–Crippen MR) is 99.4 cm³/mol. The molecule has 0 bridgehead atoms. The smallest absolute Gasteiger partial charge is 0.325 e. The summed E-state index contributed by atoms with van der Waals surface area (Å²) >= 11 is 1.72. The molecule has 0 spiro atoms. The summed E-state index contributed by atoms with van der Waals surface area (Å²) in [6.07, 6.45) is 3.89. The van der Waals surface area contributed by atoms with Crippen molar-refractivity contribution in [1.82, 2.24) is 9.97 Å². The van der Waals surface area contributed by atoms with Gasteiger partial charge in [-0.1, -0.05) is 30.3 Å². The molecule has 3 aromatic rings. The van der Waals surface area contributed by atoms with Crippen LogP contribution in [0.5, 0.6) is 0 Å². The van der Waals surface area contributed by atoms with Crippen LogP contribution in [0.25, 0.3) is 10.2 Å². The van der Waals surface area contributed by atoms with Crippen LogP contribution in [0.1, 0.15) is 35.2 Å². The molecule has 0 saturated carbocycles. The largest absolute Gasteiger partial charge is 0.480 e. The Labute approximate surface area is 149 Å². The number of anilines is 1. The van der Waals surface area contributed by atoms with Crippen LogP contribution in [-0.4, -0.2) is 27.1 Å². The van der Waals surface area contributed by atoms with Gasteiger partial charge in [0.25, 0.3) is 0 Å². The maximum Gasteiger partial charge on any atom is 0.325 e. The fourth-order valence-corrected chi connectivity index (χ4v) is 4.55. The van der Waals surface area contributed by atoms with Crippen LogP contribution in [0.4, 0.5) is 5.82 Å². The van der Waals surface area contributed by atoms with Crippen LogP contribution < -0.4 is 5.32 Å². The zero-order valence-electron chi connectivity index (χ0n) is 14.0. The van der Waals surface area contributed by atoms with Crippen molar-refractivity contribution in [1.29, 1.82) is 0 Å². The van der Waals surface area contributed by atoms with Crippen molar-refractivity contribution in [2.75, 3.05) is 5.32 Å². The number of fused-ring (bicyclic) bond motifs is 3. The summed E-state index contributed by atoms with van der Waals surface area (Å²) in [5, 5.41) is 13.4. The molecular formula is C19H19N3O2S. The number of thiophene rings is 1. The first-order valence-corrected chi connectivity index (χ1v) is 9.28. The van der Waals surface area contributed by atoms with Crippen LogP contribution in [0, 0.1) is 0 Å². The number of carboxylic acids is 1. The summed E-state index contributed by atoms with van der Waals surface area (Å²) in [4.78, 5) is 23.1. The second-order valence-electron chi connectivity index (χ2n) is 6.39. The Hall–Kier alpha value is -2.47. The highest BCUT2D eigenvalue weighted by atomic mass is 32.1. The molecular weight excluding hydrogens is 334 g/mol. The van der Waals surface area contributed by atoms with Crippen LogP contribution >= 0.6 is 11.3 Å². The number of aliphatic carboxylic acids is 1. The molecule has 0 fully saturated rings. The highest BCUT2D eigenvalue weighted by molar-refractivity contribution is 7.19. The Kier molecular flexibility index (Phi) is 4.13. The zero-order chi connectivity index (χ0) is 17.4. The first-order valence-electron chi connectivity index (χ1n) is 8.46. The van der Waals surface area contributed by atoms with E-state index in [9.17, 15) is 9.90 Å². The minimum atomic E-state index is -0.886. The van der Waals surface area contributed by atoms with E-state index >= 15 is 0 Å². The molecule has 1 aromatic carbocycles. The molecule has 1 aliphatic carbocycles. The third-order valence-corrected chi connectivity index (χ3v) is 5.73. The van der Waals surface area contributed by atoms with Gasteiger partial charge in [0.05, 0.1) is 5.39 Å². The second kappa shape index (κ2) is 6.44. The number of rotatable bonds is 5. The molecule has 2 aromatic heterocycles. The zero-order valence-corrected chi connectivity index (χ0v) is 14.8. The molecule has 0 amide bonds. The minimum Gasteiger partial charge on any atom is -0.480 e. The molecule has 1 aliphatic rings. The van der Waals surface area contributed by atoms with Crippen LogP contribution in [0.15, 0.2) is 30.3 Å². The van der Waals surface area contributed by atoms with Gasteiger partial charge in [-0.3, -0.25) is 4.79 Å². The molecule has 2 heterocycles.